The van der Waals surface area contributed by atoms with Crippen LogP contribution in [0.2, 0.25) is 0 Å². The Labute approximate surface area is 147 Å². The van der Waals surface area contributed by atoms with E-state index < -0.39 is 0 Å². The number of rotatable bonds is 5. The molecule has 3 rings (SSSR count). The molecule has 0 aromatic carbocycles. The summed E-state index contributed by atoms with van der Waals surface area (Å²) in [4.78, 5) is 0. The summed E-state index contributed by atoms with van der Waals surface area (Å²) in [6.45, 7) is 7.20. The van der Waals surface area contributed by atoms with Crippen LogP contribution in [0.4, 0.5) is 0 Å². The van der Waals surface area contributed by atoms with Crippen molar-refractivity contribution < 1.29 is 4.74 Å². The number of ether oxygens (including phenoxy) is 1. The van der Waals surface area contributed by atoms with Crippen molar-refractivity contribution in [3.05, 3.63) is 60.2 Å². The molecule has 6 N–H and O–H groups in total. The largest absolute Gasteiger partial charge is 0.384 e. The van der Waals surface area contributed by atoms with E-state index in [2.05, 4.69) is 32.9 Å². The molecule has 2 aliphatic rings. The van der Waals surface area contributed by atoms with Crippen molar-refractivity contribution in [3.63, 3.8) is 0 Å². The van der Waals surface area contributed by atoms with Crippen LogP contribution >= 0.6 is 0 Å². The van der Waals surface area contributed by atoms with E-state index in [4.69, 9.17) is 10.5 Å². The molecule has 0 aliphatic carbocycles. The molecule has 0 saturated carbocycles. The molecule has 3 heterocycles. The summed E-state index contributed by atoms with van der Waals surface area (Å²) in [7, 11) is 1.88. The fourth-order valence-electron chi connectivity index (χ4n) is 2.65. The molecular weight excluding hydrogens is 318 g/mol. The van der Waals surface area contributed by atoms with Gasteiger partial charge in [-0.15, -0.1) is 0 Å². The normalized spacial score (nSPS) is 23.7. The van der Waals surface area contributed by atoms with Crippen molar-refractivity contribution in [3.8, 4) is 0 Å². The minimum absolute atomic E-state index is 0.109. The molecule has 1 aromatic rings. The van der Waals surface area contributed by atoms with Gasteiger partial charge in [-0.3, -0.25) is 4.68 Å². The summed E-state index contributed by atoms with van der Waals surface area (Å²) in [6, 6.07) is 0. The predicted octanol–water partition coefficient (Wildman–Crippen LogP) is -0.313. The van der Waals surface area contributed by atoms with Gasteiger partial charge in [-0.1, -0.05) is 6.58 Å². The molecule has 1 aromatic heterocycles. The lowest BCUT2D eigenvalue weighted by Crippen LogP contribution is -2.45. The average molecular weight is 343 g/mol. The summed E-state index contributed by atoms with van der Waals surface area (Å²) in [6.07, 6.45) is 9.36. The van der Waals surface area contributed by atoms with Gasteiger partial charge < -0.3 is 31.7 Å². The third kappa shape index (κ3) is 4.43. The van der Waals surface area contributed by atoms with E-state index in [9.17, 15) is 0 Å². The molecule has 25 heavy (non-hydrogen) atoms. The van der Waals surface area contributed by atoms with Gasteiger partial charge in [0.05, 0.1) is 24.6 Å². The van der Waals surface area contributed by atoms with Crippen molar-refractivity contribution in [2.24, 2.45) is 12.8 Å². The van der Waals surface area contributed by atoms with E-state index in [-0.39, 0.29) is 6.10 Å². The molecule has 0 bridgehead atoms. The first-order chi connectivity index (χ1) is 12.1. The first-order valence-corrected chi connectivity index (χ1v) is 8.27. The van der Waals surface area contributed by atoms with Crippen LogP contribution in [0.15, 0.2) is 54.7 Å². The van der Waals surface area contributed by atoms with Gasteiger partial charge in [-0.05, 0) is 11.6 Å². The number of allylic oxidation sites excluding steroid dienone is 2. The van der Waals surface area contributed by atoms with Gasteiger partial charge in [0.2, 0.25) is 0 Å². The topological polar surface area (TPSA) is 101 Å². The Balaban J connectivity index is 1.71. The van der Waals surface area contributed by atoms with E-state index in [1.165, 1.54) is 0 Å². The number of nitrogens with zero attached hydrogens (tertiary/aromatic N) is 2. The first-order valence-electron chi connectivity index (χ1n) is 8.27. The molecule has 8 heteroatoms. The van der Waals surface area contributed by atoms with E-state index in [0.29, 0.717) is 12.4 Å². The SMILES string of the molecule is C=C(/C=C1/NC=CN/C1=C(/N)NC[C@H]1CNCCO1)c1cnn(C)c1. The molecule has 134 valence electrons. The molecule has 1 saturated heterocycles. The number of hydrogen-bond acceptors (Lipinski definition) is 7. The maximum absolute atomic E-state index is 6.24. The molecular formula is C17H25N7O. The summed E-state index contributed by atoms with van der Waals surface area (Å²) < 4.78 is 7.42. The van der Waals surface area contributed by atoms with Crippen LogP contribution in [0.5, 0.6) is 0 Å². The third-order valence-corrected chi connectivity index (χ3v) is 4.01. The van der Waals surface area contributed by atoms with Gasteiger partial charge in [0.25, 0.3) is 0 Å². The second-order valence-corrected chi connectivity index (χ2v) is 5.97. The molecule has 8 nitrogen and oxygen atoms in total. The van der Waals surface area contributed by atoms with Crippen LogP contribution < -0.4 is 27.0 Å². The van der Waals surface area contributed by atoms with Crippen molar-refractivity contribution in [2.75, 3.05) is 26.2 Å². The number of hydrogen-bond donors (Lipinski definition) is 5. The maximum Gasteiger partial charge on any atom is 0.123 e. The highest BCUT2D eigenvalue weighted by atomic mass is 16.5. The van der Waals surface area contributed by atoms with E-state index >= 15 is 0 Å². The van der Waals surface area contributed by atoms with Crippen LogP contribution in [-0.2, 0) is 11.8 Å². The van der Waals surface area contributed by atoms with Gasteiger partial charge in [0.15, 0.2) is 0 Å². The van der Waals surface area contributed by atoms with Crippen molar-refractivity contribution in [1.29, 1.82) is 0 Å². The molecule has 0 amide bonds. The minimum Gasteiger partial charge on any atom is -0.384 e. The number of morpholine rings is 1. The summed E-state index contributed by atoms with van der Waals surface area (Å²) in [5.74, 6) is 0.552. The molecule has 1 fully saturated rings. The monoisotopic (exact) mass is 343 g/mol. The lowest BCUT2D eigenvalue weighted by atomic mass is 10.1. The van der Waals surface area contributed by atoms with Gasteiger partial charge >= 0.3 is 0 Å². The zero-order valence-electron chi connectivity index (χ0n) is 14.4. The first kappa shape index (κ1) is 17.1. The zero-order valence-corrected chi connectivity index (χ0v) is 14.4. The molecule has 0 radical (unpaired) electrons. The molecule has 1 atom stereocenters. The summed E-state index contributed by atoms with van der Waals surface area (Å²) >= 11 is 0. The van der Waals surface area contributed by atoms with Crippen LogP contribution in [0.25, 0.3) is 5.57 Å². The Morgan fingerprint density at radius 2 is 2.36 bits per heavy atom. The lowest BCUT2D eigenvalue weighted by molar-refractivity contribution is 0.0306. The Morgan fingerprint density at radius 3 is 3.08 bits per heavy atom. The standard InChI is InChI=1S/C17H25N7O/c1-12(13-8-23-24(2)11-13)7-15-16(21-4-3-20-15)17(18)22-10-14-9-19-5-6-25-14/h3-4,7-8,11,14,19-22H,1,5-6,9-10,18H2,2H3/b15-7+,17-16-/t14-/m1/s1. The van der Waals surface area contributed by atoms with Crippen molar-refractivity contribution in [1.82, 2.24) is 31.0 Å². The van der Waals surface area contributed by atoms with E-state index in [0.717, 1.165) is 42.2 Å². The van der Waals surface area contributed by atoms with Gasteiger partial charge in [0, 0.05) is 50.8 Å². The van der Waals surface area contributed by atoms with Crippen molar-refractivity contribution in [2.45, 2.75) is 6.10 Å². The maximum atomic E-state index is 6.24. The van der Waals surface area contributed by atoms with Crippen LogP contribution in [0, 0.1) is 0 Å². The van der Waals surface area contributed by atoms with E-state index in [1.54, 1.807) is 17.1 Å². The fraction of sp³-hybridized carbons (Fsp3) is 0.353. The van der Waals surface area contributed by atoms with Crippen LogP contribution in [-0.4, -0.2) is 42.1 Å². The smallest absolute Gasteiger partial charge is 0.123 e. The minimum atomic E-state index is 0.109. The Bertz CT molecular complexity index is 710. The number of aromatic nitrogens is 2. The zero-order chi connectivity index (χ0) is 17.6. The summed E-state index contributed by atoms with van der Waals surface area (Å²) in [5.41, 5.74) is 9.66. The van der Waals surface area contributed by atoms with Gasteiger partial charge in [0.1, 0.15) is 11.5 Å². The van der Waals surface area contributed by atoms with Gasteiger partial charge in [-0.2, -0.15) is 5.10 Å². The fourth-order valence-corrected chi connectivity index (χ4v) is 2.65. The highest BCUT2D eigenvalue weighted by Gasteiger charge is 2.16. The highest BCUT2D eigenvalue weighted by molar-refractivity contribution is 5.73. The predicted molar refractivity (Wildman–Crippen MR) is 97.6 cm³/mol. The third-order valence-electron chi connectivity index (χ3n) is 4.01. The van der Waals surface area contributed by atoms with Crippen LogP contribution in [0.1, 0.15) is 5.56 Å². The summed E-state index contributed by atoms with van der Waals surface area (Å²) in [5, 5.41) is 17.1. The van der Waals surface area contributed by atoms with Gasteiger partial charge in [-0.25, -0.2) is 0 Å². The second kappa shape index (κ2) is 7.91. The number of nitrogens with two attached hydrogens (primary N) is 1. The molecule has 2 aliphatic heterocycles. The lowest BCUT2D eigenvalue weighted by Gasteiger charge is -2.25. The highest BCUT2D eigenvalue weighted by Crippen LogP contribution is 2.18. The molecule has 0 spiro atoms. The number of nitrogens with one attached hydrogen (secondary N) is 4. The second-order valence-electron chi connectivity index (χ2n) is 5.97. The van der Waals surface area contributed by atoms with Crippen molar-refractivity contribution >= 4 is 5.57 Å². The average Bonchev–Trinajstić information content (AvgIpc) is 3.07. The van der Waals surface area contributed by atoms with Crippen LogP contribution in [0.3, 0.4) is 0 Å². The molecule has 0 unspecified atom stereocenters. The van der Waals surface area contributed by atoms with E-state index in [1.807, 2.05) is 25.5 Å². The Morgan fingerprint density at radius 1 is 1.52 bits per heavy atom. The Kier molecular flexibility index (Phi) is 5.42. The quantitative estimate of drug-likeness (QED) is 0.500. The number of aryl methyl sites for hydroxylation is 1. The Hall–Kier alpha value is -2.71.